The van der Waals surface area contributed by atoms with Crippen molar-refractivity contribution >= 4 is 29.3 Å². The molecule has 0 radical (unpaired) electrons. The van der Waals surface area contributed by atoms with Crippen molar-refractivity contribution in [3.63, 3.8) is 0 Å². The second kappa shape index (κ2) is 7.54. The van der Waals surface area contributed by atoms with Crippen LogP contribution in [0.4, 0.5) is 0 Å². The Hall–Kier alpha value is -0.710. The van der Waals surface area contributed by atoms with Crippen LogP contribution in [0.15, 0.2) is 29.2 Å². The largest absolute Gasteiger partial charge is 0.355 e. The summed E-state index contributed by atoms with van der Waals surface area (Å²) in [6.45, 7) is 1.06. The second-order valence-electron chi connectivity index (χ2n) is 3.19. The quantitative estimate of drug-likeness (QED) is 0.605. The van der Waals surface area contributed by atoms with Gasteiger partial charge in [-0.1, -0.05) is 11.6 Å². The minimum atomic E-state index is 0.0132. The minimum Gasteiger partial charge on any atom is -0.355 e. The molecule has 0 atom stereocenters. The first-order valence-corrected chi connectivity index (χ1v) is 6.44. The molecule has 0 saturated carbocycles. The van der Waals surface area contributed by atoms with Crippen molar-refractivity contribution < 1.29 is 4.79 Å². The molecule has 0 aliphatic carbocycles. The summed E-state index contributed by atoms with van der Waals surface area (Å²) in [6, 6.07) is 7.65. The van der Waals surface area contributed by atoms with Gasteiger partial charge in [-0.3, -0.25) is 4.79 Å². The first-order valence-electron chi connectivity index (χ1n) is 5.07. The highest BCUT2D eigenvalue weighted by atomic mass is 35.5. The fourth-order valence-electron chi connectivity index (χ4n) is 1.11. The maximum atomic E-state index is 11.1. The third-order valence-corrected chi connectivity index (χ3v) is 3.14. The summed E-state index contributed by atoms with van der Waals surface area (Å²) in [6.07, 6.45) is 0.394. The van der Waals surface area contributed by atoms with Crippen molar-refractivity contribution in [3.8, 4) is 0 Å². The highest BCUT2D eigenvalue weighted by molar-refractivity contribution is 7.99. The van der Waals surface area contributed by atoms with Gasteiger partial charge in [0.1, 0.15) is 0 Å². The van der Waals surface area contributed by atoms with E-state index < -0.39 is 0 Å². The maximum absolute atomic E-state index is 11.1. The van der Waals surface area contributed by atoms with Crippen molar-refractivity contribution in [2.45, 2.75) is 11.3 Å². The SMILES string of the molecule is NCCC(=O)NCCSc1ccc(Cl)cc1. The number of carbonyl (C=O) groups is 1. The van der Waals surface area contributed by atoms with Crippen molar-refractivity contribution in [2.24, 2.45) is 5.73 Å². The molecule has 1 aromatic rings. The predicted molar refractivity (Wildman–Crippen MR) is 68.9 cm³/mol. The van der Waals surface area contributed by atoms with Crippen molar-refractivity contribution in [1.29, 1.82) is 0 Å². The van der Waals surface area contributed by atoms with Crippen LogP contribution in [0.5, 0.6) is 0 Å². The van der Waals surface area contributed by atoms with E-state index in [0.29, 0.717) is 19.5 Å². The number of nitrogens with two attached hydrogens (primary N) is 1. The standard InChI is InChI=1S/C11H15ClN2OS/c12-9-1-3-10(4-2-9)16-8-7-14-11(15)5-6-13/h1-4H,5-8,13H2,(H,14,15). The molecule has 1 rings (SSSR count). The van der Waals surface area contributed by atoms with Crippen LogP contribution < -0.4 is 11.1 Å². The summed E-state index contributed by atoms with van der Waals surface area (Å²) in [7, 11) is 0. The number of carbonyl (C=O) groups excluding carboxylic acids is 1. The van der Waals surface area contributed by atoms with Crippen LogP contribution in [-0.4, -0.2) is 24.7 Å². The number of amides is 1. The van der Waals surface area contributed by atoms with Gasteiger partial charge >= 0.3 is 0 Å². The molecule has 1 amide bonds. The van der Waals surface area contributed by atoms with Crippen LogP contribution >= 0.6 is 23.4 Å². The second-order valence-corrected chi connectivity index (χ2v) is 4.80. The predicted octanol–water partition coefficient (Wildman–Crippen LogP) is 1.90. The Kier molecular flexibility index (Phi) is 6.30. The van der Waals surface area contributed by atoms with Gasteiger partial charge in [0.2, 0.25) is 5.91 Å². The van der Waals surface area contributed by atoms with E-state index in [0.717, 1.165) is 15.7 Å². The molecule has 0 unspecified atom stereocenters. The first-order chi connectivity index (χ1) is 7.72. The van der Waals surface area contributed by atoms with Crippen molar-refractivity contribution in [1.82, 2.24) is 5.32 Å². The lowest BCUT2D eigenvalue weighted by Gasteiger charge is -2.04. The number of rotatable bonds is 6. The van der Waals surface area contributed by atoms with Crippen molar-refractivity contribution in [2.75, 3.05) is 18.8 Å². The zero-order chi connectivity index (χ0) is 11.8. The Balaban J connectivity index is 2.16. The summed E-state index contributed by atoms with van der Waals surface area (Å²) in [5.41, 5.74) is 5.26. The molecule has 0 spiro atoms. The Morgan fingerprint density at radius 1 is 1.38 bits per heavy atom. The van der Waals surface area contributed by atoms with Gasteiger partial charge in [0.25, 0.3) is 0 Å². The normalized spacial score (nSPS) is 10.1. The fourth-order valence-corrected chi connectivity index (χ4v) is 2.00. The van der Waals surface area contributed by atoms with Gasteiger partial charge in [0, 0.05) is 35.2 Å². The summed E-state index contributed by atoms with van der Waals surface area (Å²) >= 11 is 7.46. The lowest BCUT2D eigenvalue weighted by Crippen LogP contribution is -2.27. The first kappa shape index (κ1) is 13.4. The molecule has 0 aliphatic heterocycles. The third kappa shape index (κ3) is 5.39. The Bertz CT molecular complexity index is 329. The number of benzene rings is 1. The van der Waals surface area contributed by atoms with E-state index in [2.05, 4.69) is 5.32 Å². The van der Waals surface area contributed by atoms with Gasteiger partial charge in [-0.05, 0) is 24.3 Å². The molecule has 1 aromatic carbocycles. The number of thioether (sulfide) groups is 1. The monoisotopic (exact) mass is 258 g/mol. The van der Waals surface area contributed by atoms with Crippen LogP contribution in [0.25, 0.3) is 0 Å². The van der Waals surface area contributed by atoms with Gasteiger partial charge < -0.3 is 11.1 Å². The summed E-state index contributed by atoms with van der Waals surface area (Å²) < 4.78 is 0. The molecule has 5 heteroatoms. The third-order valence-electron chi connectivity index (χ3n) is 1.88. The molecule has 0 saturated heterocycles. The number of hydrogen-bond acceptors (Lipinski definition) is 3. The lowest BCUT2D eigenvalue weighted by atomic mass is 10.4. The van der Waals surface area contributed by atoms with E-state index in [1.807, 2.05) is 24.3 Å². The van der Waals surface area contributed by atoms with Gasteiger partial charge in [0.15, 0.2) is 0 Å². The summed E-state index contributed by atoms with van der Waals surface area (Å²) in [4.78, 5) is 12.2. The van der Waals surface area contributed by atoms with Crippen LogP contribution in [0, 0.1) is 0 Å². The van der Waals surface area contributed by atoms with Gasteiger partial charge in [-0.25, -0.2) is 0 Å². The summed E-state index contributed by atoms with van der Waals surface area (Å²) in [5.74, 6) is 0.858. The topological polar surface area (TPSA) is 55.1 Å². The molecule has 0 heterocycles. The van der Waals surface area contributed by atoms with Crippen LogP contribution in [0.1, 0.15) is 6.42 Å². The average molecular weight is 259 g/mol. The highest BCUT2D eigenvalue weighted by Gasteiger charge is 1.98. The van der Waals surface area contributed by atoms with E-state index in [-0.39, 0.29) is 5.91 Å². The minimum absolute atomic E-state index is 0.0132. The van der Waals surface area contributed by atoms with E-state index in [4.69, 9.17) is 17.3 Å². The number of hydrogen-bond donors (Lipinski definition) is 2. The molecular formula is C11H15ClN2OS. The van der Waals surface area contributed by atoms with E-state index in [1.54, 1.807) is 11.8 Å². The van der Waals surface area contributed by atoms with Crippen LogP contribution in [-0.2, 0) is 4.79 Å². The Morgan fingerprint density at radius 3 is 2.69 bits per heavy atom. The fraction of sp³-hybridized carbons (Fsp3) is 0.364. The molecule has 3 N–H and O–H groups in total. The van der Waals surface area contributed by atoms with Gasteiger partial charge in [-0.15, -0.1) is 11.8 Å². The molecular weight excluding hydrogens is 244 g/mol. The van der Waals surface area contributed by atoms with Gasteiger partial charge in [-0.2, -0.15) is 0 Å². The van der Waals surface area contributed by atoms with Gasteiger partial charge in [0.05, 0.1) is 0 Å². The zero-order valence-corrected chi connectivity index (χ0v) is 10.5. The molecule has 88 valence electrons. The Morgan fingerprint density at radius 2 is 2.06 bits per heavy atom. The molecule has 0 bridgehead atoms. The molecule has 0 fully saturated rings. The van der Waals surface area contributed by atoms with Crippen LogP contribution in [0.3, 0.4) is 0 Å². The number of halogens is 1. The van der Waals surface area contributed by atoms with E-state index in [9.17, 15) is 4.79 Å². The number of nitrogens with one attached hydrogen (secondary N) is 1. The molecule has 0 aliphatic rings. The van der Waals surface area contributed by atoms with Crippen LogP contribution in [0.2, 0.25) is 5.02 Å². The molecule has 16 heavy (non-hydrogen) atoms. The highest BCUT2D eigenvalue weighted by Crippen LogP contribution is 2.19. The Labute approximate surface area is 105 Å². The lowest BCUT2D eigenvalue weighted by molar-refractivity contribution is -0.120. The van der Waals surface area contributed by atoms with E-state index >= 15 is 0 Å². The molecule has 0 aromatic heterocycles. The molecule has 3 nitrogen and oxygen atoms in total. The summed E-state index contributed by atoms with van der Waals surface area (Å²) in [5, 5.41) is 3.54. The zero-order valence-electron chi connectivity index (χ0n) is 8.91. The van der Waals surface area contributed by atoms with Crippen molar-refractivity contribution in [3.05, 3.63) is 29.3 Å². The average Bonchev–Trinajstić information content (AvgIpc) is 2.27. The van der Waals surface area contributed by atoms with E-state index in [1.165, 1.54) is 0 Å². The smallest absolute Gasteiger partial charge is 0.221 e. The maximum Gasteiger partial charge on any atom is 0.221 e.